The molecule has 0 spiro atoms. The van der Waals surface area contributed by atoms with E-state index in [1.807, 2.05) is 0 Å². The fourth-order valence-electron chi connectivity index (χ4n) is 1.47. The summed E-state index contributed by atoms with van der Waals surface area (Å²) in [5.41, 5.74) is 3.38. The second-order valence-electron chi connectivity index (χ2n) is 3.92. The Morgan fingerprint density at radius 1 is 1.15 bits per heavy atom. The van der Waals surface area contributed by atoms with Crippen LogP contribution in [0.2, 0.25) is 10.0 Å². The summed E-state index contributed by atoms with van der Waals surface area (Å²) in [7, 11) is 0. The number of amides is 1. The lowest BCUT2D eigenvalue weighted by Crippen LogP contribution is -2.17. The number of nitrogens with zero attached hydrogens (tertiary/aromatic N) is 1. The molecule has 0 unspecified atom stereocenters. The van der Waals surface area contributed by atoms with Crippen LogP contribution in [0.3, 0.4) is 0 Å². The minimum atomic E-state index is -0.403. The first-order chi connectivity index (χ1) is 9.56. The van der Waals surface area contributed by atoms with Crippen LogP contribution in [0.4, 0.5) is 0 Å². The first kappa shape index (κ1) is 14.4. The molecule has 4 nitrogen and oxygen atoms in total. The van der Waals surface area contributed by atoms with Gasteiger partial charge in [-0.25, -0.2) is 5.43 Å². The van der Waals surface area contributed by atoms with Crippen molar-refractivity contribution in [3.05, 3.63) is 63.6 Å². The number of aromatic hydroxyl groups is 1. The van der Waals surface area contributed by atoms with Gasteiger partial charge in [0, 0.05) is 5.56 Å². The maximum atomic E-state index is 11.8. The Bertz CT molecular complexity index is 672. The normalized spacial score (nSPS) is 10.7. The van der Waals surface area contributed by atoms with E-state index < -0.39 is 5.91 Å². The van der Waals surface area contributed by atoms with Crippen molar-refractivity contribution in [3.8, 4) is 5.75 Å². The van der Waals surface area contributed by atoms with Crippen molar-refractivity contribution in [1.82, 2.24) is 5.43 Å². The van der Waals surface area contributed by atoms with Gasteiger partial charge in [0.15, 0.2) is 0 Å². The van der Waals surface area contributed by atoms with Gasteiger partial charge < -0.3 is 5.11 Å². The fraction of sp³-hybridized carbons (Fsp3) is 0. The molecule has 0 aliphatic heterocycles. The van der Waals surface area contributed by atoms with Gasteiger partial charge in [-0.15, -0.1) is 0 Å². The lowest BCUT2D eigenvalue weighted by atomic mass is 10.2. The number of hydrogen-bond acceptors (Lipinski definition) is 3. The number of halogens is 2. The van der Waals surface area contributed by atoms with Crippen LogP contribution in [0.15, 0.2) is 47.6 Å². The number of carbonyl (C=O) groups excluding carboxylic acids is 1. The summed E-state index contributed by atoms with van der Waals surface area (Å²) in [6.45, 7) is 0. The van der Waals surface area contributed by atoms with Gasteiger partial charge in [0.2, 0.25) is 0 Å². The van der Waals surface area contributed by atoms with Gasteiger partial charge in [-0.3, -0.25) is 4.79 Å². The van der Waals surface area contributed by atoms with Crippen molar-refractivity contribution in [3.63, 3.8) is 0 Å². The highest BCUT2D eigenvalue weighted by Crippen LogP contribution is 2.22. The predicted octanol–water partition coefficient (Wildman–Crippen LogP) is 3.46. The Labute approximate surface area is 125 Å². The zero-order chi connectivity index (χ0) is 14.5. The average molecular weight is 309 g/mol. The second kappa shape index (κ2) is 6.41. The van der Waals surface area contributed by atoms with E-state index in [0.29, 0.717) is 21.2 Å². The van der Waals surface area contributed by atoms with E-state index in [4.69, 9.17) is 23.2 Å². The van der Waals surface area contributed by atoms with Gasteiger partial charge in [0.25, 0.3) is 5.91 Å². The van der Waals surface area contributed by atoms with E-state index in [1.165, 1.54) is 24.4 Å². The molecule has 2 aromatic rings. The van der Waals surface area contributed by atoms with Crippen molar-refractivity contribution in [2.45, 2.75) is 0 Å². The van der Waals surface area contributed by atoms with Crippen molar-refractivity contribution in [2.75, 3.05) is 0 Å². The molecular weight excluding hydrogens is 299 g/mol. The van der Waals surface area contributed by atoms with Gasteiger partial charge in [0.05, 0.1) is 16.3 Å². The molecule has 2 N–H and O–H groups in total. The molecule has 2 aromatic carbocycles. The third-order valence-corrected chi connectivity index (χ3v) is 3.17. The second-order valence-corrected chi connectivity index (χ2v) is 4.74. The average Bonchev–Trinajstić information content (AvgIpc) is 2.42. The van der Waals surface area contributed by atoms with Crippen molar-refractivity contribution < 1.29 is 9.90 Å². The van der Waals surface area contributed by atoms with Crippen LogP contribution in [-0.2, 0) is 0 Å². The molecule has 6 heteroatoms. The third kappa shape index (κ3) is 3.73. The maximum Gasteiger partial charge on any atom is 0.271 e. The van der Waals surface area contributed by atoms with Crippen LogP contribution in [-0.4, -0.2) is 17.2 Å². The number of phenolic OH excluding ortho intramolecular Hbond substituents is 1. The summed E-state index contributed by atoms with van der Waals surface area (Å²) < 4.78 is 0. The minimum Gasteiger partial charge on any atom is -0.508 e. The highest BCUT2D eigenvalue weighted by molar-refractivity contribution is 6.42. The first-order valence-electron chi connectivity index (χ1n) is 5.64. The standard InChI is InChI=1S/C14H10Cl2N2O2/c15-12-5-4-10(7-13(12)16)14(20)18-17-8-9-2-1-3-11(19)6-9/h1-8,19H,(H,18,20)/b17-8-. The molecule has 0 heterocycles. The summed E-state index contributed by atoms with van der Waals surface area (Å²) in [6, 6.07) is 11.0. The van der Waals surface area contributed by atoms with Gasteiger partial charge >= 0.3 is 0 Å². The number of rotatable bonds is 3. The molecule has 0 aliphatic rings. The Kier molecular flexibility index (Phi) is 4.61. The number of benzene rings is 2. The summed E-state index contributed by atoms with van der Waals surface area (Å²) in [6.07, 6.45) is 1.43. The predicted molar refractivity (Wildman–Crippen MR) is 79.6 cm³/mol. The Hall–Kier alpha value is -2.04. The molecule has 1 amide bonds. The summed E-state index contributed by atoms with van der Waals surface area (Å²) in [4.78, 5) is 11.8. The Balaban J connectivity index is 2.03. The fourth-order valence-corrected chi connectivity index (χ4v) is 1.77. The zero-order valence-corrected chi connectivity index (χ0v) is 11.7. The smallest absolute Gasteiger partial charge is 0.271 e. The van der Waals surface area contributed by atoms with Gasteiger partial charge in [-0.2, -0.15) is 5.10 Å². The van der Waals surface area contributed by atoms with Crippen molar-refractivity contribution >= 4 is 35.3 Å². The summed E-state index contributed by atoms with van der Waals surface area (Å²) in [5.74, 6) is -0.273. The van der Waals surface area contributed by atoms with E-state index in [1.54, 1.807) is 24.3 Å². The van der Waals surface area contributed by atoms with E-state index in [2.05, 4.69) is 10.5 Å². The quantitative estimate of drug-likeness (QED) is 0.674. The zero-order valence-electron chi connectivity index (χ0n) is 10.2. The van der Waals surface area contributed by atoms with E-state index in [9.17, 15) is 9.90 Å². The first-order valence-corrected chi connectivity index (χ1v) is 6.39. The van der Waals surface area contributed by atoms with Crippen LogP contribution in [0.25, 0.3) is 0 Å². The van der Waals surface area contributed by atoms with Crippen LogP contribution >= 0.6 is 23.2 Å². The van der Waals surface area contributed by atoms with Crippen LogP contribution in [0.5, 0.6) is 5.75 Å². The molecule has 0 aromatic heterocycles. The molecule has 102 valence electrons. The van der Waals surface area contributed by atoms with E-state index in [-0.39, 0.29) is 5.75 Å². The third-order valence-electron chi connectivity index (χ3n) is 2.43. The highest BCUT2D eigenvalue weighted by atomic mass is 35.5. The highest BCUT2D eigenvalue weighted by Gasteiger charge is 2.06. The topological polar surface area (TPSA) is 61.7 Å². The van der Waals surface area contributed by atoms with Crippen molar-refractivity contribution in [2.24, 2.45) is 5.10 Å². The van der Waals surface area contributed by atoms with E-state index >= 15 is 0 Å². The molecule has 20 heavy (non-hydrogen) atoms. The number of hydrazone groups is 1. The number of phenols is 1. The Morgan fingerprint density at radius 2 is 1.95 bits per heavy atom. The molecule has 0 saturated carbocycles. The van der Waals surface area contributed by atoms with Crippen LogP contribution in [0, 0.1) is 0 Å². The lowest BCUT2D eigenvalue weighted by Gasteiger charge is -2.01. The largest absolute Gasteiger partial charge is 0.508 e. The number of carbonyl (C=O) groups is 1. The summed E-state index contributed by atoms with van der Waals surface area (Å²) in [5, 5.41) is 13.8. The molecule has 0 atom stereocenters. The SMILES string of the molecule is O=C(N/N=C\c1cccc(O)c1)c1ccc(Cl)c(Cl)c1. The molecule has 0 aliphatic carbocycles. The van der Waals surface area contributed by atoms with E-state index in [0.717, 1.165) is 0 Å². The Morgan fingerprint density at radius 3 is 2.65 bits per heavy atom. The molecule has 2 rings (SSSR count). The van der Waals surface area contributed by atoms with Gasteiger partial charge in [-0.1, -0.05) is 35.3 Å². The van der Waals surface area contributed by atoms with Gasteiger partial charge in [0.1, 0.15) is 5.75 Å². The maximum absolute atomic E-state index is 11.8. The minimum absolute atomic E-state index is 0.129. The lowest BCUT2D eigenvalue weighted by molar-refractivity contribution is 0.0955. The van der Waals surface area contributed by atoms with Crippen LogP contribution < -0.4 is 5.43 Å². The van der Waals surface area contributed by atoms with Crippen LogP contribution in [0.1, 0.15) is 15.9 Å². The van der Waals surface area contributed by atoms with Crippen molar-refractivity contribution in [1.29, 1.82) is 0 Å². The molecule has 0 radical (unpaired) electrons. The molecular formula is C14H10Cl2N2O2. The molecule has 0 bridgehead atoms. The molecule has 0 saturated heterocycles. The number of nitrogens with one attached hydrogen (secondary N) is 1. The molecule has 0 fully saturated rings. The van der Waals surface area contributed by atoms with Gasteiger partial charge in [-0.05, 0) is 35.9 Å². The monoisotopic (exact) mass is 308 g/mol. The number of hydrogen-bond donors (Lipinski definition) is 2. The summed E-state index contributed by atoms with van der Waals surface area (Å²) >= 11 is 11.6.